The van der Waals surface area contributed by atoms with Crippen LogP contribution in [0, 0.1) is 5.92 Å². The minimum Gasteiger partial charge on any atom is -0.367 e. The molecule has 6 heteroatoms. The van der Waals surface area contributed by atoms with E-state index in [2.05, 4.69) is 11.9 Å². The van der Waals surface area contributed by atoms with E-state index in [1.54, 1.807) is 11.8 Å². The highest BCUT2D eigenvalue weighted by atomic mass is 16.5. The Kier molecular flexibility index (Phi) is 4.10. The maximum Gasteiger partial charge on any atom is 0.251 e. The molecule has 2 rings (SSSR count). The number of amides is 2. The van der Waals surface area contributed by atoms with Gasteiger partial charge in [-0.2, -0.15) is 0 Å². The molecule has 0 unspecified atom stereocenters. The summed E-state index contributed by atoms with van der Waals surface area (Å²) in [5.41, 5.74) is 4.31. The van der Waals surface area contributed by atoms with E-state index in [0.717, 1.165) is 25.9 Å². The van der Waals surface area contributed by atoms with E-state index in [1.807, 2.05) is 0 Å². The van der Waals surface area contributed by atoms with Crippen molar-refractivity contribution in [1.82, 2.24) is 9.80 Å². The molecule has 0 radical (unpaired) electrons. The summed E-state index contributed by atoms with van der Waals surface area (Å²) >= 11 is 0. The predicted molar refractivity (Wildman–Crippen MR) is 70.4 cm³/mol. The van der Waals surface area contributed by atoms with E-state index >= 15 is 0 Å². The summed E-state index contributed by atoms with van der Waals surface area (Å²) in [7, 11) is 2.07. The molecule has 0 aromatic carbocycles. The fourth-order valence-corrected chi connectivity index (χ4v) is 2.72. The van der Waals surface area contributed by atoms with Crippen LogP contribution in [0.4, 0.5) is 0 Å². The molecule has 0 aliphatic carbocycles. The highest BCUT2D eigenvalue weighted by Crippen LogP contribution is 2.23. The standard InChI is InChI=1S/C13H23N3O3/c1-13(12(14)18)9-16(7-8-19-13)11(17)10-3-5-15(2)6-4-10/h10H,3-9H2,1-2H3,(H2,14,18)/t13-/m1/s1. The second-order valence-corrected chi connectivity index (χ2v) is 5.78. The summed E-state index contributed by atoms with van der Waals surface area (Å²) in [6, 6.07) is 0. The average molecular weight is 269 g/mol. The molecular formula is C13H23N3O3. The number of hydrogen-bond donors (Lipinski definition) is 1. The third-order valence-electron chi connectivity index (χ3n) is 4.18. The first-order valence-electron chi connectivity index (χ1n) is 6.83. The number of carbonyl (C=O) groups is 2. The Bertz CT molecular complexity index is 366. The molecule has 6 nitrogen and oxygen atoms in total. The SMILES string of the molecule is CN1CCC(C(=O)N2CCO[C@@](C)(C(N)=O)C2)CC1. The first-order chi connectivity index (χ1) is 8.92. The number of likely N-dealkylation sites (tertiary alicyclic amines) is 1. The van der Waals surface area contributed by atoms with Crippen LogP contribution in [-0.2, 0) is 14.3 Å². The molecule has 2 N–H and O–H groups in total. The molecule has 0 bridgehead atoms. The van der Waals surface area contributed by atoms with Crippen molar-refractivity contribution in [2.24, 2.45) is 11.7 Å². The van der Waals surface area contributed by atoms with Crippen molar-refractivity contribution in [3.8, 4) is 0 Å². The van der Waals surface area contributed by atoms with E-state index in [9.17, 15) is 9.59 Å². The van der Waals surface area contributed by atoms with Crippen LogP contribution in [0.15, 0.2) is 0 Å². The first-order valence-corrected chi connectivity index (χ1v) is 6.83. The van der Waals surface area contributed by atoms with Gasteiger partial charge in [0.05, 0.1) is 13.2 Å². The van der Waals surface area contributed by atoms with Crippen LogP contribution in [0.1, 0.15) is 19.8 Å². The van der Waals surface area contributed by atoms with E-state index in [4.69, 9.17) is 10.5 Å². The van der Waals surface area contributed by atoms with Crippen LogP contribution in [0.3, 0.4) is 0 Å². The van der Waals surface area contributed by atoms with Crippen molar-refractivity contribution in [2.45, 2.75) is 25.4 Å². The molecule has 2 fully saturated rings. The van der Waals surface area contributed by atoms with Gasteiger partial charge in [0, 0.05) is 12.5 Å². The lowest BCUT2D eigenvalue weighted by atomic mass is 9.94. The maximum atomic E-state index is 12.5. The Labute approximate surface area is 113 Å². The number of piperidine rings is 1. The number of carbonyl (C=O) groups excluding carboxylic acids is 2. The second kappa shape index (κ2) is 5.46. The number of nitrogens with zero attached hydrogens (tertiary/aromatic N) is 2. The zero-order chi connectivity index (χ0) is 14.0. The van der Waals surface area contributed by atoms with Gasteiger partial charge in [-0.25, -0.2) is 0 Å². The van der Waals surface area contributed by atoms with Gasteiger partial charge in [0.2, 0.25) is 5.91 Å². The average Bonchev–Trinajstić information content (AvgIpc) is 2.39. The van der Waals surface area contributed by atoms with E-state index in [-0.39, 0.29) is 18.4 Å². The molecule has 0 aromatic rings. The fraction of sp³-hybridized carbons (Fsp3) is 0.846. The number of rotatable bonds is 2. The first kappa shape index (κ1) is 14.3. The van der Waals surface area contributed by atoms with Crippen molar-refractivity contribution in [2.75, 3.05) is 39.8 Å². The molecule has 2 aliphatic heterocycles. The van der Waals surface area contributed by atoms with Crippen LogP contribution >= 0.6 is 0 Å². The smallest absolute Gasteiger partial charge is 0.251 e. The Balaban J connectivity index is 1.97. The maximum absolute atomic E-state index is 12.5. The van der Waals surface area contributed by atoms with E-state index < -0.39 is 11.5 Å². The number of hydrogen-bond acceptors (Lipinski definition) is 4. The molecular weight excluding hydrogens is 246 g/mol. The molecule has 2 heterocycles. The van der Waals surface area contributed by atoms with Crippen molar-refractivity contribution < 1.29 is 14.3 Å². The van der Waals surface area contributed by atoms with Crippen molar-refractivity contribution in [3.63, 3.8) is 0 Å². The molecule has 0 saturated carbocycles. The highest BCUT2D eigenvalue weighted by Gasteiger charge is 2.40. The van der Waals surface area contributed by atoms with Gasteiger partial charge < -0.3 is 20.3 Å². The zero-order valence-electron chi connectivity index (χ0n) is 11.7. The molecule has 1 atom stereocenters. The van der Waals surface area contributed by atoms with Crippen LogP contribution in [-0.4, -0.2) is 67.0 Å². The lowest BCUT2D eigenvalue weighted by molar-refractivity contribution is -0.163. The van der Waals surface area contributed by atoms with Crippen molar-refractivity contribution in [3.05, 3.63) is 0 Å². The third kappa shape index (κ3) is 3.06. The van der Waals surface area contributed by atoms with E-state index in [0.29, 0.717) is 13.2 Å². The zero-order valence-corrected chi connectivity index (χ0v) is 11.7. The van der Waals surface area contributed by atoms with Gasteiger partial charge in [0.1, 0.15) is 0 Å². The molecule has 0 aromatic heterocycles. The van der Waals surface area contributed by atoms with Gasteiger partial charge in [-0.15, -0.1) is 0 Å². The van der Waals surface area contributed by atoms with Crippen LogP contribution in [0.5, 0.6) is 0 Å². The summed E-state index contributed by atoms with van der Waals surface area (Å²) in [6.07, 6.45) is 1.78. The highest BCUT2D eigenvalue weighted by molar-refractivity contribution is 5.85. The monoisotopic (exact) mass is 269 g/mol. The molecule has 19 heavy (non-hydrogen) atoms. The minimum atomic E-state index is -1.04. The molecule has 2 saturated heterocycles. The lowest BCUT2D eigenvalue weighted by Crippen LogP contribution is -2.59. The van der Waals surface area contributed by atoms with Crippen molar-refractivity contribution in [1.29, 1.82) is 0 Å². The van der Waals surface area contributed by atoms with Crippen LogP contribution in [0.2, 0.25) is 0 Å². The summed E-state index contributed by atoms with van der Waals surface area (Å²) in [6.45, 7) is 4.75. The van der Waals surface area contributed by atoms with Crippen LogP contribution < -0.4 is 5.73 Å². The summed E-state index contributed by atoms with van der Waals surface area (Å²) in [4.78, 5) is 27.9. The van der Waals surface area contributed by atoms with Gasteiger partial charge in [0.15, 0.2) is 5.60 Å². The Morgan fingerprint density at radius 1 is 1.26 bits per heavy atom. The molecule has 2 aliphatic rings. The van der Waals surface area contributed by atoms with Gasteiger partial charge in [0.25, 0.3) is 5.91 Å². The largest absolute Gasteiger partial charge is 0.367 e. The van der Waals surface area contributed by atoms with Gasteiger partial charge in [-0.05, 0) is 39.9 Å². The van der Waals surface area contributed by atoms with Crippen LogP contribution in [0.25, 0.3) is 0 Å². The Hall–Kier alpha value is -1.14. The van der Waals surface area contributed by atoms with Gasteiger partial charge in [-0.3, -0.25) is 9.59 Å². The fourth-order valence-electron chi connectivity index (χ4n) is 2.72. The third-order valence-corrected chi connectivity index (χ3v) is 4.18. The predicted octanol–water partition coefficient (Wildman–Crippen LogP) is -0.569. The summed E-state index contributed by atoms with van der Waals surface area (Å²) in [5, 5.41) is 0. The summed E-state index contributed by atoms with van der Waals surface area (Å²) < 4.78 is 5.44. The number of ether oxygens (including phenoxy) is 1. The summed E-state index contributed by atoms with van der Waals surface area (Å²) in [5.74, 6) is -0.288. The number of nitrogens with two attached hydrogens (primary N) is 1. The van der Waals surface area contributed by atoms with E-state index in [1.165, 1.54) is 0 Å². The normalized spacial score (nSPS) is 30.3. The second-order valence-electron chi connectivity index (χ2n) is 5.78. The number of morpholine rings is 1. The van der Waals surface area contributed by atoms with Gasteiger partial charge >= 0.3 is 0 Å². The Morgan fingerprint density at radius 3 is 2.47 bits per heavy atom. The number of primary amides is 1. The molecule has 0 spiro atoms. The topological polar surface area (TPSA) is 75.9 Å². The molecule has 108 valence electrons. The van der Waals surface area contributed by atoms with Crippen molar-refractivity contribution >= 4 is 11.8 Å². The Morgan fingerprint density at radius 2 is 1.89 bits per heavy atom. The lowest BCUT2D eigenvalue weighted by Gasteiger charge is -2.40. The quantitative estimate of drug-likeness (QED) is 0.728. The van der Waals surface area contributed by atoms with Gasteiger partial charge in [-0.1, -0.05) is 0 Å². The minimum absolute atomic E-state index is 0.0754. The molecule has 2 amide bonds.